The molecule has 2 nitrogen and oxygen atoms in total. The molecule has 2 heteroatoms. The lowest BCUT2D eigenvalue weighted by Crippen LogP contribution is -2.25. The van der Waals surface area contributed by atoms with Gasteiger partial charge < -0.3 is 4.79 Å². The molecular weight excluding hydrogens is 332 g/mol. The zero-order chi connectivity index (χ0) is 19.0. The van der Waals surface area contributed by atoms with Crippen LogP contribution in [0.4, 0.5) is 0 Å². The van der Waals surface area contributed by atoms with Crippen molar-refractivity contribution in [3.8, 4) is 0 Å². The maximum Gasteiger partial charge on any atom is 0.193 e. The molecule has 1 atom stereocenters. The van der Waals surface area contributed by atoms with E-state index in [0.717, 1.165) is 22.3 Å². The molecular formula is C25H22O2. The van der Waals surface area contributed by atoms with Gasteiger partial charge in [0, 0.05) is 29.4 Å². The number of ketones is 2. The number of fused-ring (bicyclic) bond motifs is 2. The molecule has 0 saturated heterocycles. The zero-order valence-corrected chi connectivity index (χ0v) is 15.6. The molecule has 4 rings (SSSR count). The van der Waals surface area contributed by atoms with Gasteiger partial charge in [0.2, 0.25) is 0 Å². The number of carbonyl (C=O) groups is 2. The number of benzene rings is 3. The van der Waals surface area contributed by atoms with Crippen LogP contribution < -0.4 is 0 Å². The molecule has 1 aliphatic rings. The third-order valence-corrected chi connectivity index (χ3v) is 5.58. The summed E-state index contributed by atoms with van der Waals surface area (Å²) in [6.45, 7) is 3.74. The quantitative estimate of drug-likeness (QED) is 0.626. The Morgan fingerprint density at radius 3 is 1.93 bits per heavy atom. The molecule has 3 aromatic rings. The van der Waals surface area contributed by atoms with Gasteiger partial charge in [-0.3, -0.25) is 4.79 Å². The molecule has 0 saturated carbocycles. The van der Waals surface area contributed by atoms with Crippen LogP contribution in [-0.4, -0.2) is 11.6 Å². The lowest BCUT2D eigenvalue weighted by molar-refractivity contribution is -0.117. The molecule has 0 aromatic heterocycles. The average molecular weight is 354 g/mol. The minimum absolute atomic E-state index is 0.000833. The van der Waals surface area contributed by atoms with Crippen LogP contribution in [0.5, 0.6) is 0 Å². The molecule has 0 unspecified atom stereocenters. The van der Waals surface area contributed by atoms with Crippen LogP contribution in [0, 0.1) is 6.92 Å². The van der Waals surface area contributed by atoms with E-state index in [1.165, 1.54) is 11.1 Å². The average Bonchev–Trinajstić information content (AvgIpc) is 2.68. The predicted octanol–water partition coefficient (Wildman–Crippen LogP) is 5.43. The van der Waals surface area contributed by atoms with E-state index in [9.17, 15) is 9.59 Å². The van der Waals surface area contributed by atoms with Gasteiger partial charge in [-0.2, -0.15) is 0 Å². The molecule has 3 aromatic carbocycles. The molecule has 0 amide bonds. The van der Waals surface area contributed by atoms with Gasteiger partial charge in [0.05, 0.1) is 0 Å². The fourth-order valence-electron chi connectivity index (χ4n) is 4.42. The third kappa shape index (κ3) is 3.02. The van der Waals surface area contributed by atoms with Gasteiger partial charge in [-0.05, 0) is 36.1 Å². The van der Waals surface area contributed by atoms with Crippen LogP contribution in [0.2, 0.25) is 0 Å². The highest BCUT2D eigenvalue weighted by molar-refractivity contribution is 6.12. The van der Waals surface area contributed by atoms with Crippen molar-refractivity contribution in [3.05, 3.63) is 106 Å². The number of hydrogen-bond acceptors (Lipinski definition) is 2. The van der Waals surface area contributed by atoms with Gasteiger partial charge in [0.25, 0.3) is 0 Å². The van der Waals surface area contributed by atoms with Gasteiger partial charge in [-0.1, -0.05) is 72.8 Å². The maximum absolute atomic E-state index is 13.0. The van der Waals surface area contributed by atoms with Gasteiger partial charge in [-0.25, -0.2) is 0 Å². The van der Waals surface area contributed by atoms with E-state index < -0.39 is 0 Å². The second kappa shape index (κ2) is 6.96. The van der Waals surface area contributed by atoms with Crippen molar-refractivity contribution in [1.82, 2.24) is 0 Å². The smallest absolute Gasteiger partial charge is 0.193 e. The van der Waals surface area contributed by atoms with E-state index in [2.05, 4.69) is 19.1 Å². The summed E-state index contributed by atoms with van der Waals surface area (Å²) in [6, 6.07) is 23.9. The Kier molecular flexibility index (Phi) is 4.49. The van der Waals surface area contributed by atoms with Crippen molar-refractivity contribution in [2.75, 3.05) is 0 Å². The summed E-state index contributed by atoms with van der Waals surface area (Å²) < 4.78 is 0. The van der Waals surface area contributed by atoms with Crippen molar-refractivity contribution in [3.63, 3.8) is 0 Å². The van der Waals surface area contributed by atoms with E-state index in [4.69, 9.17) is 0 Å². The van der Waals surface area contributed by atoms with E-state index in [0.29, 0.717) is 6.42 Å². The topological polar surface area (TPSA) is 34.1 Å². The van der Waals surface area contributed by atoms with Crippen LogP contribution in [0.1, 0.15) is 63.4 Å². The summed E-state index contributed by atoms with van der Waals surface area (Å²) in [6.07, 6.45) is 0.451. The number of carbonyl (C=O) groups excluding carboxylic acids is 2. The SMILES string of the molecule is CC(=O)C[C@H](c1ccccc1C)C1c2ccccc2C(=O)c2ccccc21. The Balaban J connectivity index is 1.98. The van der Waals surface area contributed by atoms with Gasteiger partial charge in [0.1, 0.15) is 5.78 Å². The van der Waals surface area contributed by atoms with Gasteiger partial charge >= 0.3 is 0 Å². The summed E-state index contributed by atoms with van der Waals surface area (Å²) in [4.78, 5) is 25.2. The minimum Gasteiger partial charge on any atom is -0.300 e. The van der Waals surface area contributed by atoms with E-state index in [1.54, 1.807) is 6.92 Å². The zero-order valence-electron chi connectivity index (χ0n) is 15.6. The second-order valence-electron chi connectivity index (χ2n) is 7.35. The molecule has 0 bridgehead atoms. The van der Waals surface area contributed by atoms with Crippen molar-refractivity contribution in [1.29, 1.82) is 0 Å². The second-order valence-corrected chi connectivity index (χ2v) is 7.35. The van der Waals surface area contributed by atoms with Crippen LogP contribution in [-0.2, 0) is 4.79 Å². The molecule has 0 radical (unpaired) electrons. The molecule has 0 fully saturated rings. The highest BCUT2D eigenvalue weighted by atomic mass is 16.1. The Morgan fingerprint density at radius 1 is 0.852 bits per heavy atom. The number of aryl methyl sites for hydroxylation is 1. The Bertz CT molecular complexity index is 982. The highest BCUT2D eigenvalue weighted by Gasteiger charge is 2.36. The van der Waals surface area contributed by atoms with Crippen LogP contribution in [0.3, 0.4) is 0 Å². The molecule has 0 aliphatic heterocycles. The molecule has 0 heterocycles. The van der Waals surface area contributed by atoms with Crippen LogP contribution in [0.25, 0.3) is 0 Å². The minimum atomic E-state index is -0.0138. The van der Waals surface area contributed by atoms with Gasteiger partial charge in [0.15, 0.2) is 5.78 Å². The molecule has 134 valence electrons. The van der Waals surface area contributed by atoms with E-state index in [-0.39, 0.29) is 23.4 Å². The molecule has 0 N–H and O–H groups in total. The summed E-state index contributed by atoms with van der Waals surface area (Å²) in [5, 5.41) is 0. The first-order chi connectivity index (χ1) is 13.1. The Hall–Kier alpha value is -3.00. The van der Waals surface area contributed by atoms with Crippen molar-refractivity contribution in [2.24, 2.45) is 0 Å². The van der Waals surface area contributed by atoms with Crippen molar-refractivity contribution >= 4 is 11.6 Å². The normalized spacial score (nSPS) is 14.4. The first-order valence-corrected chi connectivity index (χ1v) is 9.35. The highest BCUT2D eigenvalue weighted by Crippen LogP contribution is 2.47. The first-order valence-electron chi connectivity index (χ1n) is 9.35. The van der Waals surface area contributed by atoms with E-state index in [1.807, 2.05) is 60.7 Å². The molecule has 1 aliphatic carbocycles. The standard InChI is InChI=1S/C25H22O2/c1-16-9-3-4-10-18(16)23(15-17(2)26)24-19-11-5-7-13-21(19)25(27)22-14-8-6-12-20(22)24/h3-14,23-24H,15H2,1-2H3/t23-/m1/s1. The fraction of sp³-hybridized carbons (Fsp3) is 0.200. The van der Waals surface area contributed by atoms with E-state index >= 15 is 0 Å². The summed E-state index contributed by atoms with van der Waals surface area (Å²) in [5.74, 6) is 0.220. The van der Waals surface area contributed by atoms with Crippen molar-refractivity contribution in [2.45, 2.75) is 32.1 Å². The Labute approximate surface area is 159 Å². The monoisotopic (exact) mass is 354 g/mol. The lowest BCUT2D eigenvalue weighted by Gasteiger charge is -2.34. The van der Waals surface area contributed by atoms with Gasteiger partial charge in [-0.15, -0.1) is 0 Å². The van der Waals surface area contributed by atoms with Crippen molar-refractivity contribution < 1.29 is 9.59 Å². The number of rotatable bonds is 4. The number of Topliss-reactive ketones (excluding diaryl/α,β-unsaturated/α-hetero) is 1. The van der Waals surface area contributed by atoms with Crippen LogP contribution >= 0.6 is 0 Å². The summed E-state index contributed by atoms with van der Waals surface area (Å²) in [5.41, 5.74) is 5.91. The predicted molar refractivity (Wildman–Crippen MR) is 107 cm³/mol. The van der Waals surface area contributed by atoms with Crippen LogP contribution in [0.15, 0.2) is 72.8 Å². The third-order valence-electron chi connectivity index (χ3n) is 5.58. The number of hydrogen-bond donors (Lipinski definition) is 0. The summed E-state index contributed by atoms with van der Waals surface area (Å²) in [7, 11) is 0. The Morgan fingerprint density at radius 2 is 1.37 bits per heavy atom. The maximum atomic E-state index is 13.0. The molecule has 0 spiro atoms. The first kappa shape index (κ1) is 17.4. The fourth-order valence-corrected chi connectivity index (χ4v) is 4.42. The largest absolute Gasteiger partial charge is 0.300 e. The summed E-state index contributed by atoms with van der Waals surface area (Å²) >= 11 is 0. The lowest BCUT2D eigenvalue weighted by atomic mass is 9.68. The molecule has 27 heavy (non-hydrogen) atoms.